The van der Waals surface area contributed by atoms with E-state index in [9.17, 15) is 0 Å². The van der Waals surface area contributed by atoms with Crippen molar-refractivity contribution >= 4 is 55.7 Å². The fourth-order valence-electron chi connectivity index (χ4n) is 9.94. The number of benzene rings is 10. The average molecular weight is 890 g/mol. The van der Waals surface area contributed by atoms with Crippen LogP contribution in [0.1, 0.15) is 25.0 Å². The Morgan fingerprint density at radius 3 is 1.03 bits per heavy atom. The molecular weight excluding hydrogens is 843 g/mol. The number of hydrogen-bond acceptors (Lipinski definition) is 4. The molecule has 0 atom stereocenters. The molecule has 324 valence electrons. The van der Waals surface area contributed by atoms with Crippen LogP contribution in [0.25, 0.3) is 65.3 Å². The number of nitrogens with zero attached hydrogens (tertiary/aromatic N) is 3. The van der Waals surface area contributed by atoms with Gasteiger partial charge in [0, 0.05) is 45.1 Å². The molecule has 0 bridgehead atoms. The topological polar surface area (TPSA) is 19.4 Å². The first-order valence-electron chi connectivity index (χ1n) is 23.3. The molecule has 3 nitrogen and oxygen atoms in total. The lowest BCUT2D eigenvalue weighted by molar-refractivity contribution is 0.660. The van der Waals surface area contributed by atoms with E-state index in [2.05, 4.69) is 272 Å². The molecule has 4 heteroatoms. The number of aromatic nitrogens is 1. The summed E-state index contributed by atoms with van der Waals surface area (Å²) in [4.78, 5) is 9.76. The Bertz CT molecular complexity index is 3430. The largest absolute Gasteiger partial charge is 0.310 e. The normalized spacial score (nSPS) is 12.4. The Morgan fingerprint density at radius 2 is 0.647 bits per heavy atom. The lowest BCUT2D eigenvalue weighted by atomic mass is 9.82. The number of para-hydroxylation sites is 1. The molecule has 0 radical (unpaired) electrons. The first-order chi connectivity index (χ1) is 33.4. The van der Waals surface area contributed by atoms with Gasteiger partial charge in [0.1, 0.15) is 5.01 Å². The van der Waals surface area contributed by atoms with Crippen LogP contribution in [-0.2, 0) is 5.41 Å². The van der Waals surface area contributed by atoms with E-state index in [-0.39, 0.29) is 5.41 Å². The predicted molar refractivity (Wildman–Crippen MR) is 288 cm³/mol. The summed E-state index contributed by atoms with van der Waals surface area (Å²) in [6.07, 6.45) is 0. The van der Waals surface area contributed by atoms with Crippen molar-refractivity contribution in [3.8, 4) is 55.1 Å². The van der Waals surface area contributed by atoms with Gasteiger partial charge >= 0.3 is 0 Å². The first kappa shape index (κ1) is 41.1. The summed E-state index contributed by atoms with van der Waals surface area (Å²) in [5.74, 6) is 0. The predicted octanol–water partition coefficient (Wildman–Crippen LogP) is 18.2. The molecule has 0 fully saturated rings. The molecule has 1 aromatic heterocycles. The third-order valence-corrected chi connectivity index (χ3v) is 14.6. The van der Waals surface area contributed by atoms with Crippen molar-refractivity contribution in [3.63, 3.8) is 0 Å². The molecule has 12 rings (SSSR count). The standard InChI is InChI=1S/C64H47N3S/c1-64(2)59-42-55(66(51-30-22-47(23-31-51)44-14-6-3-7-15-44)52-32-24-48(25-33-52)45-16-8-4-9-17-45)38-40-57(59)58-41-39-56(43-60(58)64)67(53-34-26-49(27-35-53)46-18-10-5-11-19-46)54-36-28-50(29-37-54)63-65-61-20-12-13-21-62(61)68-63/h3-43H,1-2H3. The molecule has 0 spiro atoms. The Balaban J connectivity index is 0.925. The lowest BCUT2D eigenvalue weighted by Gasteiger charge is -2.29. The molecule has 0 saturated carbocycles. The summed E-state index contributed by atoms with van der Waals surface area (Å²) in [7, 11) is 0. The Kier molecular flexibility index (Phi) is 10.4. The molecule has 0 aliphatic heterocycles. The van der Waals surface area contributed by atoms with Crippen LogP contribution in [0.3, 0.4) is 0 Å². The summed E-state index contributed by atoms with van der Waals surface area (Å²) in [6.45, 7) is 4.76. The van der Waals surface area contributed by atoms with Crippen molar-refractivity contribution < 1.29 is 0 Å². The zero-order chi connectivity index (χ0) is 45.6. The van der Waals surface area contributed by atoms with Crippen LogP contribution in [0.5, 0.6) is 0 Å². The number of fused-ring (bicyclic) bond motifs is 4. The van der Waals surface area contributed by atoms with E-state index < -0.39 is 0 Å². The second kappa shape index (κ2) is 17.2. The van der Waals surface area contributed by atoms with Crippen molar-refractivity contribution in [2.75, 3.05) is 9.80 Å². The highest BCUT2D eigenvalue weighted by molar-refractivity contribution is 7.21. The summed E-state index contributed by atoms with van der Waals surface area (Å²) in [6, 6.07) is 90.1. The minimum absolute atomic E-state index is 0.282. The zero-order valence-electron chi connectivity index (χ0n) is 37.9. The minimum Gasteiger partial charge on any atom is -0.310 e. The van der Waals surface area contributed by atoms with Gasteiger partial charge in [-0.2, -0.15) is 0 Å². The van der Waals surface area contributed by atoms with Crippen molar-refractivity contribution in [2.45, 2.75) is 19.3 Å². The summed E-state index contributed by atoms with van der Waals surface area (Å²) < 4.78 is 1.20. The zero-order valence-corrected chi connectivity index (χ0v) is 38.7. The van der Waals surface area contributed by atoms with E-state index in [4.69, 9.17) is 4.98 Å². The lowest BCUT2D eigenvalue weighted by Crippen LogP contribution is -2.17. The highest BCUT2D eigenvalue weighted by Gasteiger charge is 2.37. The molecule has 0 unspecified atom stereocenters. The fourth-order valence-corrected chi connectivity index (χ4v) is 10.9. The van der Waals surface area contributed by atoms with Crippen molar-refractivity contribution in [1.29, 1.82) is 0 Å². The maximum Gasteiger partial charge on any atom is 0.124 e. The number of anilines is 6. The summed E-state index contributed by atoms with van der Waals surface area (Å²) >= 11 is 1.74. The minimum atomic E-state index is -0.282. The molecule has 0 N–H and O–H groups in total. The van der Waals surface area contributed by atoms with Gasteiger partial charge in [-0.3, -0.25) is 0 Å². The molecule has 0 saturated heterocycles. The van der Waals surface area contributed by atoms with Gasteiger partial charge in [0.15, 0.2) is 0 Å². The highest BCUT2D eigenvalue weighted by Crippen LogP contribution is 2.53. The fraction of sp³-hybridized carbons (Fsp3) is 0.0469. The van der Waals surface area contributed by atoms with Crippen LogP contribution < -0.4 is 9.80 Å². The Morgan fingerprint density at radius 1 is 0.324 bits per heavy atom. The Labute approximate surface area is 402 Å². The van der Waals surface area contributed by atoms with Gasteiger partial charge in [-0.1, -0.05) is 166 Å². The van der Waals surface area contributed by atoms with Gasteiger partial charge in [-0.25, -0.2) is 4.98 Å². The van der Waals surface area contributed by atoms with Crippen LogP contribution in [0.2, 0.25) is 0 Å². The van der Waals surface area contributed by atoms with Crippen molar-refractivity contribution in [2.24, 2.45) is 0 Å². The Hall–Kier alpha value is -8.31. The molecule has 1 heterocycles. The molecule has 1 aliphatic carbocycles. The van der Waals surface area contributed by atoms with Crippen LogP contribution >= 0.6 is 11.3 Å². The average Bonchev–Trinajstić information content (AvgIpc) is 3.94. The second-order valence-electron chi connectivity index (χ2n) is 18.0. The van der Waals surface area contributed by atoms with Crippen LogP contribution in [-0.4, -0.2) is 4.98 Å². The number of hydrogen-bond donors (Lipinski definition) is 0. The monoisotopic (exact) mass is 889 g/mol. The third kappa shape index (κ3) is 7.55. The van der Waals surface area contributed by atoms with E-state index >= 15 is 0 Å². The van der Waals surface area contributed by atoms with Crippen LogP contribution in [0.4, 0.5) is 34.1 Å². The molecule has 11 aromatic rings. The third-order valence-electron chi connectivity index (χ3n) is 13.5. The maximum absolute atomic E-state index is 4.97. The maximum atomic E-state index is 4.97. The molecule has 0 amide bonds. The van der Waals surface area contributed by atoms with E-state index in [0.29, 0.717) is 0 Å². The summed E-state index contributed by atoms with van der Waals surface area (Å²) in [5.41, 5.74) is 20.9. The van der Waals surface area contributed by atoms with E-state index in [1.807, 2.05) is 0 Å². The van der Waals surface area contributed by atoms with Crippen molar-refractivity contribution in [1.82, 2.24) is 4.98 Å². The van der Waals surface area contributed by atoms with Gasteiger partial charge in [0.05, 0.1) is 10.2 Å². The van der Waals surface area contributed by atoms with E-state index in [1.54, 1.807) is 11.3 Å². The summed E-state index contributed by atoms with van der Waals surface area (Å²) in [5, 5.41) is 1.03. The molecular formula is C64H47N3S. The first-order valence-corrected chi connectivity index (χ1v) is 24.1. The number of thiazole rings is 1. The quantitative estimate of drug-likeness (QED) is 0.136. The molecule has 68 heavy (non-hydrogen) atoms. The van der Waals surface area contributed by atoms with E-state index in [1.165, 1.54) is 60.3 Å². The van der Waals surface area contributed by atoms with Gasteiger partial charge in [0.25, 0.3) is 0 Å². The number of rotatable bonds is 10. The van der Waals surface area contributed by atoms with Gasteiger partial charge in [0.2, 0.25) is 0 Å². The van der Waals surface area contributed by atoms with Gasteiger partial charge in [-0.15, -0.1) is 11.3 Å². The highest BCUT2D eigenvalue weighted by atomic mass is 32.1. The SMILES string of the molecule is CC1(C)c2cc(N(c3ccc(-c4ccccc4)cc3)c3ccc(-c4ccccc4)cc3)ccc2-c2ccc(N(c3ccc(-c4ccccc4)cc3)c3ccc(-c4nc5ccccc5s4)cc3)cc21. The second-order valence-corrected chi connectivity index (χ2v) is 19.1. The van der Waals surface area contributed by atoms with Crippen LogP contribution in [0.15, 0.2) is 249 Å². The van der Waals surface area contributed by atoms with Crippen molar-refractivity contribution in [3.05, 3.63) is 260 Å². The van der Waals surface area contributed by atoms with E-state index in [0.717, 1.165) is 50.2 Å². The smallest absolute Gasteiger partial charge is 0.124 e. The molecule has 10 aromatic carbocycles. The van der Waals surface area contributed by atoms with Gasteiger partial charge < -0.3 is 9.80 Å². The van der Waals surface area contributed by atoms with Gasteiger partial charge in [-0.05, 0) is 153 Å². The molecule has 1 aliphatic rings. The van der Waals surface area contributed by atoms with Crippen LogP contribution in [0, 0.1) is 0 Å².